The molecule has 1 aromatic rings. The van der Waals surface area contributed by atoms with Gasteiger partial charge in [0.15, 0.2) is 12.8 Å². The molecular weight excluding hydrogens is 194 g/mol. The van der Waals surface area contributed by atoms with Crippen molar-refractivity contribution in [3.8, 4) is 0 Å². The third kappa shape index (κ3) is 7.30. The van der Waals surface area contributed by atoms with Gasteiger partial charge in [-0.15, -0.1) is 0 Å². The summed E-state index contributed by atoms with van der Waals surface area (Å²) in [7, 11) is 0. The van der Waals surface area contributed by atoms with Crippen LogP contribution in [0.25, 0.3) is 0 Å². The van der Waals surface area contributed by atoms with Gasteiger partial charge in [0.1, 0.15) is 13.2 Å². The molecule has 5 heteroatoms. The van der Waals surface area contributed by atoms with Crippen molar-refractivity contribution < 1.29 is 9.47 Å². The van der Waals surface area contributed by atoms with Gasteiger partial charge >= 0.3 is 0 Å². The zero-order valence-electron chi connectivity index (χ0n) is 8.50. The molecule has 3 rings (SSSR count). The van der Waals surface area contributed by atoms with E-state index in [1.807, 2.05) is 24.5 Å². The molecule has 0 saturated carbocycles. The van der Waals surface area contributed by atoms with Crippen LogP contribution in [-0.4, -0.2) is 44.1 Å². The summed E-state index contributed by atoms with van der Waals surface area (Å²) in [5.74, 6) is 0. The first-order chi connectivity index (χ1) is 7.50. The predicted molar refractivity (Wildman–Crippen MR) is 59.4 cm³/mol. The van der Waals surface area contributed by atoms with E-state index in [1.54, 1.807) is 0 Å². The van der Waals surface area contributed by atoms with Crippen LogP contribution in [0.4, 0.5) is 0 Å². The second-order valence-corrected chi connectivity index (χ2v) is 2.65. The fraction of sp³-hybridized carbons (Fsp3) is 0.400. The quantitative estimate of drug-likeness (QED) is 0.695. The van der Waals surface area contributed by atoms with E-state index in [9.17, 15) is 0 Å². The Balaban J connectivity index is 0.000000112. The van der Waals surface area contributed by atoms with Gasteiger partial charge in [-0.1, -0.05) is 0 Å². The Labute approximate surface area is 88.8 Å². The van der Waals surface area contributed by atoms with Gasteiger partial charge in [-0.25, -0.2) is 0 Å². The number of ether oxygens (including phenoxy) is 2. The lowest BCUT2D eigenvalue weighted by Gasteiger charge is -1.76. The summed E-state index contributed by atoms with van der Waals surface area (Å²) in [6.45, 7) is 3.25. The number of hydrogen-bond donors (Lipinski definition) is 1. The molecule has 15 heavy (non-hydrogen) atoms. The SMILES string of the molecule is C1=NCCO1.C1=NCCO1.c1cc[nH]c1. The van der Waals surface area contributed by atoms with Gasteiger partial charge in [0.25, 0.3) is 0 Å². The van der Waals surface area contributed by atoms with Crippen molar-refractivity contribution in [1.82, 2.24) is 4.98 Å². The number of nitrogens with zero attached hydrogens (tertiary/aromatic N) is 2. The van der Waals surface area contributed by atoms with Crippen molar-refractivity contribution in [1.29, 1.82) is 0 Å². The summed E-state index contributed by atoms with van der Waals surface area (Å²) in [4.78, 5) is 10.3. The van der Waals surface area contributed by atoms with E-state index < -0.39 is 0 Å². The first-order valence-electron chi connectivity index (χ1n) is 4.77. The maximum absolute atomic E-state index is 4.65. The molecule has 5 nitrogen and oxygen atoms in total. The summed E-state index contributed by atoms with van der Waals surface area (Å²) < 4.78 is 9.31. The van der Waals surface area contributed by atoms with E-state index in [0.29, 0.717) is 0 Å². The standard InChI is InChI=1S/C4H5N.2C3H5NO/c1-2-4-5-3-1;2*1-2-5-3-4-1/h1-5H;2*3H,1-2H2. The molecule has 0 amide bonds. The zero-order valence-corrected chi connectivity index (χ0v) is 8.50. The highest BCUT2D eigenvalue weighted by Gasteiger charge is 1.85. The first-order valence-corrected chi connectivity index (χ1v) is 4.77. The molecule has 2 aliphatic heterocycles. The van der Waals surface area contributed by atoms with Crippen LogP contribution in [-0.2, 0) is 9.47 Å². The minimum absolute atomic E-state index is 0.778. The van der Waals surface area contributed by atoms with Gasteiger partial charge in [0.2, 0.25) is 0 Å². The van der Waals surface area contributed by atoms with E-state index in [1.165, 1.54) is 12.8 Å². The molecule has 0 unspecified atom stereocenters. The van der Waals surface area contributed by atoms with Crippen LogP contribution in [0.3, 0.4) is 0 Å². The van der Waals surface area contributed by atoms with Gasteiger partial charge in [-0.05, 0) is 12.1 Å². The lowest BCUT2D eigenvalue weighted by molar-refractivity contribution is 0.361. The third-order valence-corrected chi connectivity index (χ3v) is 1.47. The zero-order chi connectivity index (χ0) is 10.6. The minimum atomic E-state index is 0.778. The predicted octanol–water partition coefficient (Wildman–Crippen LogP) is 1.10. The number of rotatable bonds is 0. The summed E-state index contributed by atoms with van der Waals surface area (Å²) in [6.07, 6.45) is 6.72. The van der Waals surface area contributed by atoms with Crippen LogP contribution in [0.1, 0.15) is 0 Å². The van der Waals surface area contributed by atoms with E-state index >= 15 is 0 Å². The second-order valence-electron chi connectivity index (χ2n) is 2.65. The highest BCUT2D eigenvalue weighted by Crippen LogP contribution is 1.79. The van der Waals surface area contributed by atoms with Gasteiger partial charge in [0.05, 0.1) is 13.1 Å². The van der Waals surface area contributed by atoms with E-state index in [0.717, 1.165) is 26.3 Å². The lowest BCUT2D eigenvalue weighted by Crippen LogP contribution is -1.80. The van der Waals surface area contributed by atoms with Crippen LogP contribution in [0, 0.1) is 0 Å². The number of aromatic amines is 1. The van der Waals surface area contributed by atoms with E-state index in [4.69, 9.17) is 0 Å². The monoisotopic (exact) mass is 209 g/mol. The van der Waals surface area contributed by atoms with Crippen molar-refractivity contribution in [3.63, 3.8) is 0 Å². The molecule has 0 spiro atoms. The number of hydrogen-bond acceptors (Lipinski definition) is 4. The summed E-state index contributed by atoms with van der Waals surface area (Å²) in [5.41, 5.74) is 0. The second kappa shape index (κ2) is 8.80. The van der Waals surface area contributed by atoms with Crippen molar-refractivity contribution in [2.24, 2.45) is 9.98 Å². The molecule has 82 valence electrons. The molecule has 0 aliphatic carbocycles. The first kappa shape index (κ1) is 11.3. The Morgan fingerprint density at radius 3 is 1.53 bits per heavy atom. The maximum atomic E-state index is 4.65. The van der Waals surface area contributed by atoms with Crippen molar-refractivity contribution in [2.45, 2.75) is 0 Å². The Morgan fingerprint density at radius 2 is 1.40 bits per heavy atom. The Hall–Kier alpha value is -1.78. The highest BCUT2D eigenvalue weighted by molar-refractivity contribution is 5.48. The molecule has 0 radical (unpaired) electrons. The smallest absolute Gasteiger partial charge is 0.169 e. The van der Waals surface area contributed by atoms with E-state index in [2.05, 4.69) is 24.4 Å². The molecule has 0 bridgehead atoms. The van der Waals surface area contributed by atoms with Crippen LogP contribution < -0.4 is 0 Å². The number of nitrogens with one attached hydrogen (secondary N) is 1. The molecule has 0 atom stereocenters. The highest BCUT2D eigenvalue weighted by atomic mass is 16.5. The maximum Gasteiger partial charge on any atom is 0.169 e. The fourth-order valence-electron chi connectivity index (χ4n) is 0.805. The van der Waals surface area contributed by atoms with Crippen LogP contribution in [0.15, 0.2) is 34.5 Å². The molecular formula is C10H15N3O2. The summed E-state index contributed by atoms with van der Waals surface area (Å²) in [5, 5.41) is 0. The molecule has 1 aromatic heterocycles. The molecule has 1 N–H and O–H groups in total. The Kier molecular flexibility index (Phi) is 6.63. The Morgan fingerprint density at radius 1 is 0.867 bits per heavy atom. The van der Waals surface area contributed by atoms with Crippen molar-refractivity contribution in [3.05, 3.63) is 24.5 Å². The number of aromatic nitrogens is 1. The normalized spacial score (nSPS) is 15.5. The average Bonchev–Trinajstić information content (AvgIpc) is 3.09. The minimum Gasteiger partial charge on any atom is -0.482 e. The number of H-pyrrole nitrogens is 1. The topological polar surface area (TPSA) is 59.0 Å². The third-order valence-electron chi connectivity index (χ3n) is 1.47. The molecule has 3 heterocycles. The summed E-state index contributed by atoms with van der Waals surface area (Å²) >= 11 is 0. The molecule has 0 saturated heterocycles. The van der Waals surface area contributed by atoms with Gasteiger partial charge in [0, 0.05) is 12.4 Å². The fourth-order valence-corrected chi connectivity index (χ4v) is 0.805. The number of aliphatic imine (C=N–C) groups is 2. The molecule has 2 aliphatic rings. The van der Waals surface area contributed by atoms with Crippen molar-refractivity contribution in [2.75, 3.05) is 26.3 Å². The van der Waals surface area contributed by atoms with Crippen LogP contribution >= 0.6 is 0 Å². The lowest BCUT2D eigenvalue weighted by atomic mass is 10.7. The van der Waals surface area contributed by atoms with Gasteiger partial charge < -0.3 is 14.5 Å². The molecule has 0 aromatic carbocycles. The average molecular weight is 209 g/mol. The van der Waals surface area contributed by atoms with Gasteiger partial charge in [-0.2, -0.15) is 0 Å². The van der Waals surface area contributed by atoms with Crippen LogP contribution in [0.2, 0.25) is 0 Å². The van der Waals surface area contributed by atoms with Crippen molar-refractivity contribution >= 4 is 12.8 Å². The molecule has 0 fully saturated rings. The van der Waals surface area contributed by atoms with E-state index in [-0.39, 0.29) is 0 Å². The Bertz CT molecular complexity index is 225. The summed E-state index contributed by atoms with van der Waals surface area (Å²) in [6, 6.07) is 3.89. The van der Waals surface area contributed by atoms with Gasteiger partial charge in [-0.3, -0.25) is 9.98 Å². The largest absolute Gasteiger partial charge is 0.482 e. The van der Waals surface area contributed by atoms with Crippen LogP contribution in [0.5, 0.6) is 0 Å².